The zero-order valence-corrected chi connectivity index (χ0v) is 15.9. The number of pyridine rings is 1. The van der Waals surface area contributed by atoms with Gasteiger partial charge in [0.25, 0.3) is 0 Å². The van der Waals surface area contributed by atoms with Gasteiger partial charge in [-0.05, 0) is 36.4 Å². The first-order valence-corrected chi connectivity index (χ1v) is 9.23. The number of amides is 2. The Kier molecular flexibility index (Phi) is 4.88. The minimum absolute atomic E-state index is 0.0870. The molecule has 0 unspecified atom stereocenters. The van der Waals surface area contributed by atoms with Crippen molar-refractivity contribution in [2.45, 2.75) is 6.42 Å². The fourth-order valence-electron chi connectivity index (χ4n) is 3.39. The molecule has 1 saturated heterocycles. The van der Waals surface area contributed by atoms with Gasteiger partial charge in [-0.2, -0.15) is 0 Å². The molecule has 1 N–H and O–H groups in total. The molecule has 3 aromatic rings. The van der Waals surface area contributed by atoms with Gasteiger partial charge in [-0.1, -0.05) is 17.7 Å². The number of rotatable bonds is 4. The highest BCUT2D eigenvalue weighted by molar-refractivity contribution is 6.35. The van der Waals surface area contributed by atoms with E-state index in [-0.39, 0.29) is 18.2 Å². The molecule has 1 fully saturated rings. The van der Waals surface area contributed by atoms with Crippen molar-refractivity contribution in [1.29, 1.82) is 0 Å². The Labute approximate surface area is 167 Å². The number of nitrogens with zero attached hydrogens (tertiary/aromatic N) is 2. The number of carbonyl (C=O) groups is 2. The predicted octanol–water partition coefficient (Wildman–Crippen LogP) is 3.89. The zero-order chi connectivity index (χ0) is 19.7. The Morgan fingerprint density at radius 1 is 1.25 bits per heavy atom. The van der Waals surface area contributed by atoms with Gasteiger partial charge in [0.15, 0.2) is 0 Å². The highest BCUT2D eigenvalue weighted by Gasteiger charge is 2.35. The van der Waals surface area contributed by atoms with Crippen LogP contribution in [0, 0.1) is 5.92 Å². The number of fused-ring (bicyclic) bond motifs is 1. The van der Waals surface area contributed by atoms with Gasteiger partial charge in [-0.25, -0.2) is 0 Å². The molecule has 142 valence electrons. The zero-order valence-electron chi connectivity index (χ0n) is 15.2. The topological polar surface area (TPSA) is 71.5 Å². The lowest BCUT2D eigenvalue weighted by Gasteiger charge is -2.17. The second-order valence-corrected chi connectivity index (χ2v) is 7.00. The SMILES string of the molecule is COc1cccc(N2C[C@H](C(=O)Nc3ccc(Cl)c4ncccc34)CC2=O)c1. The maximum Gasteiger partial charge on any atom is 0.229 e. The standard InChI is InChI=1S/C21H18ClN3O3/c1-28-15-5-2-4-14(11-15)25-12-13(10-19(25)26)21(27)24-18-8-7-17(22)20-16(18)6-3-9-23-20/h2-9,11,13H,10,12H2,1H3,(H,24,27)/t13-/m1/s1. The Balaban J connectivity index is 1.54. The lowest BCUT2D eigenvalue weighted by Crippen LogP contribution is -2.28. The molecular formula is C21H18ClN3O3. The summed E-state index contributed by atoms with van der Waals surface area (Å²) in [5, 5.41) is 4.21. The summed E-state index contributed by atoms with van der Waals surface area (Å²) in [4.78, 5) is 31.2. The monoisotopic (exact) mass is 395 g/mol. The van der Waals surface area contributed by atoms with Crippen molar-refractivity contribution in [2.24, 2.45) is 5.92 Å². The predicted molar refractivity (Wildman–Crippen MR) is 109 cm³/mol. The summed E-state index contributed by atoms with van der Waals surface area (Å²) in [6, 6.07) is 14.4. The van der Waals surface area contributed by atoms with Crippen molar-refractivity contribution in [3.8, 4) is 5.75 Å². The van der Waals surface area contributed by atoms with E-state index in [0.717, 1.165) is 11.1 Å². The molecule has 0 radical (unpaired) electrons. The maximum atomic E-state index is 12.8. The van der Waals surface area contributed by atoms with Crippen molar-refractivity contribution in [3.63, 3.8) is 0 Å². The van der Waals surface area contributed by atoms with Gasteiger partial charge in [0.2, 0.25) is 11.8 Å². The van der Waals surface area contributed by atoms with E-state index >= 15 is 0 Å². The van der Waals surface area contributed by atoms with Crippen LogP contribution in [0.2, 0.25) is 5.02 Å². The van der Waals surface area contributed by atoms with Crippen LogP contribution in [-0.4, -0.2) is 30.5 Å². The largest absolute Gasteiger partial charge is 0.497 e. The summed E-state index contributed by atoms with van der Waals surface area (Å²) in [6.45, 7) is 0.321. The second-order valence-electron chi connectivity index (χ2n) is 6.59. The molecule has 7 heteroatoms. The van der Waals surface area contributed by atoms with Crippen LogP contribution in [0.25, 0.3) is 10.9 Å². The van der Waals surface area contributed by atoms with Crippen LogP contribution in [0.15, 0.2) is 54.7 Å². The molecule has 1 atom stereocenters. The molecule has 2 aromatic carbocycles. The van der Waals surface area contributed by atoms with Crippen molar-refractivity contribution >= 4 is 45.7 Å². The fraction of sp³-hybridized carbons (Fsp3) is 0.190. The third-order valence-electron chi connectivity index (χ3n) is 4.84. The number of hydrogen-bond acceptors (Lipinski definition) is 4. The summed E-state index contributed by atoms with van der Waals surface area (Å²) in [5.74, 6) is -0.0679. The first-order chi connectivity index (χ1) is 13.6. The first-order valence-electron chi connectivity index (χ1n) is 8.85. The number of carbonyl (C=O) groups excluding carboxylic acids is 2. The third-order valence-corrected chi connectivity index (χ3v) is 5.14. The average Bonchev–Trinajstić information content (AvgIpc) is 3.12. The summed E-state index contributed by atoms with van der Waals surface area (Å²) < 4.78 is 5.22. The molecule has 6 nitrogen and oxygen atoms in total. The van der Waals surface area contributed by atoms with Crippen LogP contribution in [0.3, 0.4) is 0 Å². The number of aromatic nitrogens is 1. The molecule has 2 amide bonds. The number of anilines is 2. The Bertz CT molecular complexity index is 1070. The summed E-state index contributed by atoms with van der Waals surface area (Å²) in [5.41, 5.74) is 1.98. The van der Waals surface area contributed by atoms with E-state index < -0.39 is 5.92 Å². The lowest BCUT2D eigenvalue weighted by atomic mass is 10.1. The highest BCUT2D eigenvalue weighted by Crippen LogP contribution is 2.31. The van der Waals surface area contributed by atoms with Crippen LogP contribution in [-0.2, 0) is 9.59 Å². The number of halogens is 1. The number of benzene rings is 2. The van der Waals surface area contributed by atoms with Gasteiger partial charge in [0.05, 0.1) is 29.3 Å². The fourth-order valence-corrected chi connectivity index (χ4v) is 3.61. The Morgan fingerprint density at radius 3 is 2.93 bits per heavy atom. The molecule has 2 heterocycles. The van der Waals surface area contributed by atoms with E-state index in [0.29, 0.717) is 28.5 Å². The van der Waals surface area contributed by atoms with Crippen LogP contribution in [0.1, 0.15) is 6.42 Å². The molecule has 0 aliphatic carbocycles. The molecule has 0 spiro atoms. The molecular weight excluding hydrogens is 378 g/mol. The normalized spacial score (nSPS) is 16.4. The quantitative estimate of drug-likeness (QED) is 0.727. The maximum absolute atomic E-state index is 12.8. The number of ether oxygens (including phenoxy) is 1. The number of nitrogens with one attached hydrogen (secondary N) is 1. The van der Waals surface area contributed by atoms with E-state index in [1.54, 1.807) is 42.5 Å². The van der Waals surface area contributed by atoms with Crippen molar-refractivity contribution < 1.29 is 14.3 Å². The van der Waals surface area contributed by atoms with Crippen LogP contribution >= 0.6 is 11.6 Å². The van der Waals surface area contributed by atoms with Crippen molar-refractivity contribution in [1.82, 2.24) is 4.98 Å². The van der Waals surface area contributed by atoms with Crippen LogP contribution in [0.5, 0.6) is 5.75 Å². The third kappa shape index (κ3) is 3.39. The molecule has 1 aliphatic rings. The van der Waals surface area contributed by atoms with Crippen LogP contribution in [0.4, 0.5) is 11.4 Å². The molecule has 0 saturated carbocycles. The highest BCUT2D eigenvalue weighted by atomic mass is 35.5. The van der Waals surface area contributed by atoms with E-state index in [4.69, 9.17) is 16.3 Å². The van der Waals surface area contributed by atoms with Gasteiger partial charge in [0.1, 0.15) is 5.75 Å². The summed E-state index contributed by atoms with van der Waals surface area (Å²) in [7, 11) is 1.58. The van der Waals surface area contributed by atoms with Crippen molar-refractivity contribution in [2.75, 3.05) is 23.9 Å². The molecule has 4 rings (SSSR count). The summed E-state index contributed by atoms with van der Waals surface area (Å²) in [6.07, 6.45) is 1.81. The van der Waals surface area contributed by atoms with Crippen molar-refractivity contribution in [3.05, 3.63) is 59.8 Å². The number of methoxy groups -OCH3 is 1. The van der Waals surface area contributed by atoms with Gasteiger partial charge in [-0.15, -0.1) is 0 Å². The van der Waals surface area contributed by atoms with Gasteiger partial charge in [-0.3, -0.25) is 14.6 Å². The van der Waals surface area contributed by atoms with Gasteiger partial charge >= 0.3 is 0 Å². The number of hydrogen-bond donors (Lipinski definition) is 1. The van der Waals surface area contributed by atoms with Crippen LogP contribution < -0.4 is 15.0 Å². The van der Waals surface area contributed by atoms with E-state index in [1.165, 1.54) is 0 Å². The molecule has 28 heavy (non-hydrogen) atoms. The summed E-state index contributed by atoms with van der Waals surface area (Å²) >= 11 is 6.19. The Hall–Kier alpha value is -3.12. The smallest absolute Gasteiger partial charge is 0.229 e. The minimum Gasteiger partial charge on any atom is -0.497 e. The van der Waals surface area contributed by atoms with E-state index in [1.807, 2.05) is 24.3 Å². The van der Waals surface area contributed by atoms with Gasteiger partial charge < -0.3 is 15.0 Å². The van der Waals surface area contributed by atoms with E-state index in [2.05, 4.69) is 10.3 Å². The second kappa shape index (κ2) is 7.48. The van der Waals surface area contributed by atoms with E-state index in [9.17, 15) is 9.59 Å². The lowest BCUT2D eigenvalue weighted by molar-refractivity contribution is -0.122. The van der Waals surface area contributed by atoms with Gasteiger partial charge in [0, 0.05) is 36.3 Å². The molecule has 1 aliphatic heterocycles. The molecule has 0 bridgehead atoms. The Morgan fingerprint density at radius 2 is 2.11 bits per heavy atom. The molecule has 1 aromatic heterocycles. The average molecular weight is 396 g/mol. The first kappa shape index (κ1) is 18.3. The minimum atomic E-state index is -0.443.